The number of alkyl halides is 3. The first-order valence-corrected chi connectivity index (χ1v) is 7.74. The van der Waals surface area contributed by atoms with E-state index in [9.17, 15) is 18.0 Å². The van der Waals surface area contributed by atoms with Crippen molar-refractivity contribution in [1.82, 2.24) is 16.0 Å². The van der Waals surface area contributed by atoms with Gasteiger partial charge in [0.25, 0.3) is 5.91 Å². The topological polar surface area (TPSA) is 65.5 Å². The largest absolute Gasteiger partial charge is 0.416 e. The van der Waals surface area contributed by atoms with Crippen LogP contribution in [0, 0.1) is 5.92 Å². The van der Waals surface area contributed by atoms with Gasteiger partial charge < -0.3 is 16.0 Å². The van der Waals surface area contributed by atoms with Crippen molar-refractivity contribution in [2.75, 3.05) is 20.1 Å². The van der Waals surface area contributed by atoms with E-state index in [2.05, 4.69) is 27.9 Å². The quantitative estimate of drug-likeness (QED) is 0.269. The highest BCUT2D eigenvalue weighted by molar-refractivity contribution is 14.0. The number of hydrogen-bond acceptors (Lipinski definition) is 2. The average molecular weight is 470 g/mol. The van der Waals surface area contributed by atoms with Crippen molar-refractivity contribution in [3.8, 4) is 0 Å². The van der Waals surface area contributed by atoms with E-state index >= 15 is 0 Å². The van der Waals surface area contributed by atoms with E-state index in [0.29, 0.717) is 31.0 Å². The molecule has 140 valence electrons. The van der Waals surface area contributed by atoms with Crippen LogP contribution in [0.3, 0.4) is 0 Å². The summed E-state index contributed by atoms with van der Waals surface area (Å²) in [4.78, 5) is 16.0. The molecule has 1 saturated carbocycles. The van der Waals surface area contributed by atoms with E-state index in [1.54, 1.807) is 7.05 Å². The second-order valence-electron chi connectivity index (χ2n) is 5.79. The number of guanidine groups is 1. The van der Waals surface area contributed by atoms with Crippen LogP contribution in [0.5, 0.6) is 0 Å². The SMILES string of the molecule is CN=C(NCCNC(=O)c1ccc(C(F)(F)F)cc1)NC1CC1C.I. The monoisotopic (exact) mass is 470 g/mol. The zero-order chi connectivity index (χ0) is 17.7. The van der Waals surface area contributed by atoms with Gasteiger partial charge in [-0.3, -0.25) is 9.79 Å². The lowest BCUT2D eigenvalue weighted by Crippen LogP contribution is -2.42. The lowest BCUT2D eigenvalue weighted by atomic mass is 10.1. The molecule has 9 heteroatoms. The van der Waals surface area contributed by atoms with Crippen LogP contribution in [0.1, 0.15) is 29.3 Å². The molecule has 0 spiro atoms. The summed E-state index contributed by atoms with van der Waals surface area (Å²) in [6.45, 7) is 2.95. The summed E-state index contributed by atoms with van der Waals surface area (Å²) in [6.07, 6.45) is -3.29. The van der Waals surface area contributed by atoms with Crippen LogP contribution in [-0.2, 0) is 6.18 Å². The fourth-order valence-corrected chi connectivity index (χ4v) is 2.16. The first-order valence-electron chi connectivity index (χ1n) is 7.74. The number of amides is 1. The van der Waals surface area contributed by atoms with Gasteiger partial charge in [-0.05, 0) is 36.6 Å². The van der Waals surface area contributed by atoms with E-state index in [1.807, 2.05) is 0 Å². The highest BCUT2D eigenvalue weighted by Gasteiger charge is 2.33. The number of rotatable bonds is 5. The highest BCUT2D eigenvalue weighted by Crippen LogP contribution is 2.29. The Labute approximate surface area is 161 Å². The Balaban J connectivity index is 0.00000312. The Hall–Kier alpha value is -1.52. The Morgan fingerprint density at radius 2 is 1.76 bits per heavy atom. The van der Waals surface area contributed by atoms with Crippen molar-refractivity contribution in [1.29, 1.82) is 0 Å². The molecule has 1 aromatic carbocycles. The number of benzene rings is 1. The number of nitrogens with one attached hydrogen (secondary N) is 3. The number of hydrogen-bond donors (Lipinski definition) is 3. The van der Waals surface area contributed by atoms with Crippen molar-refractivity contribution in [3.63, 3.8) is 0 Å². The molecule has 0 aromatic heterocycles. The van der Waals surface area contributed by atoms with Gasteiger partial charge >= 0.3 is 6.18 Å². The number of nitrogens with zero attached hydrogens (tertiary/aromatic N) is 1. The maximum Gasteiger partial charge on any atom is 0.416 e. The smallest absolute Gasteiger partial charge is 0.355 e. The lowest BCUT2D eigenvalue weighted by molar-refractivity contribution is -0.137. The van der Waals surface area contributed by atoms with E-state index in [-0.39, 0.29) is 29.5 Å². The number of carbonyl (C=O) groups is 1. The minimum atomic E-state index is -4.40. The summed E-state index contributed by atoms with van der Waals surface area (Å²) in [5.74, 6) is 0.903. The number of carbonyl (C=O) groups excluding carboxylic acids is 1. The molecule has 3 N–H and O–H groups in total. The molecule has 1 amide bonds. The summed E-state index contributed by atoms with van der Waals surface area (Å²) >= 11 is 0. The molecule has 0 saturated heterocycles. The van der Waals surface area contributed by atoms with Crippen molar-refractivity contribution in [2.24, 2.45) is 10.9 Å². The molecule has 25 heavy (non-hydrogen) atoms. The summed E-state index contributed by atoms with van der Waals surface area (Å²) < 4.78 is 37.4. The molecule has 1 fully saturated rings. The summed E-state index contributed by atoms with van der Waals surface area (Å²) in [7, 11) is 1.67. The molecule has 0 radical (unpaired) electrons. The predicted octanol–water partition coefficient (Wildman–Crippen LogP) is 2.63. The van der Waals surface area contributed by atoms with Crippen LogP contribution in [0.25, 0.3) is 0 Å². The van der Waals surface area contributed by atoms with E-state index in [4.69, 9.17) is 0 Å². The second kappa shape index (κ2) is 9.25. The minimum absolute atomic E-state index is 0. The molecule has 2 rings (SSSR count). The standard InChI is InChI=1S/C16H21F3N4O.HI/c1-10-9-13(10)23-15(20-2)22-8-7-21-14(24)11-3-5-12(6-4-11)16(17,18)19;/h3-6,10,13H,7-9H2,1-2H3,(H,21,24)(H2,20,22,23);1H. The van der Waals surface area contributed by atoms with E-state index in [0.717, 1.165) is 18.6 Å². The van der Waals surface area contributed by atoms with Gasteiger partial charge in [-0.25, -0.2) is 0 Å². The van der Waals surface area contributed by atoms with Gasteiger partial charge in [-0.15, -0.1) is 24.0 Å². The van der Waals surface area contributed by atoms with Gasteiger partial charge in [0.1, 0.15) is 0 Å². The fraction of sp³-hybridized carbons (Fsp3) is 0.500. The van der Waals surface area contributed by atoms with Crippen LogP contribution in [-0.4, -0.2) is 38.0 Å². The molecule has 1 aliphatic carbocycles. The molecular formula is C16H22F3IN4O. The van der Waals surface area contributed by atoms with E-state index in [1.165, 1.54) is 12.1 Å². The maximum atomic E-state index is 12.5. The molecule has 1 aliphatic rings. The van der Waals surface area contributed by atoms with Gasteiger partial charge in [-0.2, -0.15) is 13.2 Å². The predicted molar refractivity (Wildman–Crippen MR) is 101 cm³/mol. The molecule has 1 aromatic rings. The Morgan fingerprint density at radius 3 is 2.24 bits per heavy atom. The molecule has 5 nitrogen and oxygen atoms in total. The third kappa shape index (κ3) is 6.71. The third-order valence-corrected chi connectivity index (χ3v) is 3.83. The molecule has 0 aliphatic heterocycles. The van der Waals surface area contributed by atoms with Crippen LogP contribution in [0.4, 0.5) is 13.2 Å². The molecule has 0 bridgehead atoms. The lowest BCUT2D eigenvalue weighted by Gasteiger charge is -2.12. The molecule has 0 heterocycles. The first-order chi connectivity index (χ1) is 11.3. The van der Waals surface area contributed by atoms with Crippen molar-refractivity contribution in [3.05, 3.63) is 35.4 Å². The van der Waals surface area contributed by atoms with Gasteiger partial charge in [-0.1, -0.05) is 6.92 Å². The minimum Gasteiger partial charge on any atom is -0.355 e. The Kier molecular flexibility index (Phi) is 7.97. The summed E-state index contributed by atoms with van der Waals surface area (Å²) in [5, 5.41) is 8.97. The number of halogens is 4. The third-order valence-electron chi connectivity index (χ3n) is 3.83. The highest BCUT2D eigenvalue weighted by atomic mass is 127. The zero-order valence-corrected chi connectivity index (χ0v) is 16.3. The fourth-order valence-electron chi connectivity index (χ4n) is 2.16. The van der Waals surface area contributed by atoms with Gasteiger partial charge in [0.2, 0.25) is 0 Å². The Bertz CT molecular complexity index is 604. The number of aliphatic imine (C=N–C) groups is 1. The van der Waals surface area contributed by atoms with Crippen LogP contribution in [0.15, 0.2) is 29.3 Å². The zero-order valence-electron chi connectivity index (χ0n) is 14.0. The van der Waals surface area contributed by atoms with Gasteiger partial charge in [0.15, 0.2) is 5.96 Å². The van der Waals surface area contributed by atoms with Gasteiger partial charge in [0.05, 0.1) is 5.56 Å². The Morgan fingerprint density at radius 1 is 1.20 bits per heavy atom. The second-order valence-corrected chi connectivity index (χ2v) is 5.79. The van der Waals surface area contributed by atoms with Crippen molar-refractivity contribution < 1.29 is 18.0 Å². The van der Waals surface area contributed by atoms with Crippen molar-refractivity contribution >= 4 is 35.8 Å². The van der Waals surface area contributed by atoms with Gasteiger partial charge in [0, 0.05) is 31.7 Å². The summed E-state index contributed by atoms with van der Waals surface area (Å²) in [6, 6.07) is 4.57. The molecular weight excluding hydrogens is 448 g/mol. The van der Waals surface area contributed by atoms with E-state index < -0.39 is 17.6 Å². The van der Waals surface area contributed by atoms with Crippen LogP contribution < -0.4 is 16.0 Å². The maximum absolute atomic E-state index is 12.5. The van der Waals surface area contributed by atoms with Crippen LogP contribution >= 0.6 is 24.0 Å². The molecule has 2 unspecified atom stereocenters. The molecule has 2 atom stereocenters. The first kappa shape index (κ1) is 21.5. The normalized spacial score (nSPS) is 19.6. The average Bonchev–Trinajstić information content (AvgIpc) is 3.24. The van der Waals surface area contributed by atoms with Crippen LogP contribution in [0.2, 0.25) is 0 Å². The summed E-state index contributed by atoms with van der Waals surface area (Å²) in [5.41, 5.74) is -0.581. The van der Waals surface area contributed by atoms with Crippen molar-refractivity contribution in [2.45, 2.75) is 25.6 Å².